The van der Waals surface area contributed by atoms with Gasteiger partial charge in [0.05, 0.1) is 25.4 Å². The molecule has 118 valence electrons. The Morgan fingerprint density at radius 2 is 2.33 bits per heavy atom. The molecule has 1 aliphatic heterocycles. The summed E-state index contributed by atoms with van der Waals surface area (Å²) in [7, 11) is 1.56. The van der Waals surface area contributed by atoms with Gasteiger partial charge in [0.2, 0.25) is 0 Å². The molecule has 0 amide bonds. The van der Waals surface area contributed by atoms with Gasteiger partial charge in [-0.3, -0.25) is 0 Å². The van der Waals surface area contributed by atoms with Crippen LogP contribution < -0.4 is 10.1 Å². The van der Waals surface area contributed by atoms with Gasteiger partial charge in [0.25, 0.3) is 0 Å². The van der Waals surface area contributed by atoms with E-state index in [4.69, 9.17) is 9.47 Å². The van der Waals surface area contributed by atoms with E-state index in [2.05, 4.69) is 5.32 Å². The van der Waals surface area contributed by atoms with Crippen molar-refractivity contribution in [2.75, 3.05) is 26.8 Å². The van der Waals surface area contributed by atoms with Gasteiger partial charge in [-0.25, -0.2) is 4.39 Å². The van der Waals surface area contributed by atoms with Crippen molar-refractivity contribution in [3.05, 3.63) is 29.6 Å². The largest absolute Gasteiger partial charge is 0.496 e. The zero-order chi connectivity index (χ0) is 15.5. The topological polar surface area (TPSA) is 50.7 Å². The molecule has 1 saturated heterocycles. The third-order valence-electron chi connectivity index (χ3n) is 4.35. The van der Waals surface area contributed by atoms with Gasteiger partial charge in [-0.1, -0.05) is 6.92 Å². The molecule has 2 N–H and O–H groups in total. The van der Waals surface area contributed by atoms with Gasteiger partial charge >= 0.3 is 0 Å². The van der Waals surface area contributed by atoms with E-state index < -0.39 is 5.60 Å². The molecule has 5 heteroatoms. The number of methoxy groups -OCH3 is 1. The first-order valence-electron chi connectivity index (χ1n) is 7.32. The average Bonchev–Trinajstić information content (AvgIpc) is 2.48. The first-order valence-corrected chi connectivity index (χ1v) is 7.32. The van der Waals surface area contributed by atoms with E-state index in [-0.39, 0.29) is 17.8 Å². The molecule has 0 radical (unpaired) electrons. The first-order chi connectivity index (χ1) is 9.95. The van der Waals surface area contributed by atoms with Crippen LogP contribution in [0.1, 0.15) is 19.4 Å². The molecule has 1 aliphatic rings. The number of hydrogen-bond donors (Lipinski definition) is 2. The fourth-order valence-corrected chi connectivity index (χ4v) is 2.70. The molecule has 0 spiro atoms. The standard InChI is InChI=1S/C16H24FNO3/c1-11(16(2,19)15-10-18-6-7-21-15)8-12-9-13(17)4-5-14(12)20-3/h4-5,9,11,15,18-19H,6-8,10H2,1-3H3. The monoisotopic (exact) mass is 297 g/mol. The van der Waals surface area contributed by atoms with E-state index in [0.29, 0.717) is 25.3 Å². The molecule has 0 aromatic heterocycles. The highest BCUT2D eigenvalue weighted by molar-refractivity contribution is 5.34. The summed E-state index contributed by atoms with van der Waals surface area (Å²) in [6, 6.07) is 4.45. The molecule has 21 heavy (non-hydrogen) atoms. The van der Waals surface area contributed by atoms with E-state index in [1.54, 1.807) is 20.1 Å². The summed E-state index contributed by atoms with van der Waals surface area (Å²) in [4.78, 5) is 0. The highest BCUT2D eigenvalue weighted by Crippen LogP contribution is 2.30. The van der Waals surface area contributed by atoms with Crippen LogP contribution in [-0.2, 0) is 11.2 Å². The molecular weight excluding hydrogens is 273 g/mol. The minimum atomic E-state index is -0.995. The SMILES string of the molecule is COc1ccc(F)cc1CC(C)C(C)(O)C1CNCCO1. The van der Waals surface area contributed by atoms with Gasteiger partial charge in [-0.15, -0.1) is 0 Å². The van der Waals surface area contributed by atoms with Crippen LogP contribution in [-0.4, -0.2) is 43.6 Å². The molecule has 1 heterocycles. The third kappa shape index (κ3) is 3.73. The minimum Gasteiger partial charge on any atom is -0.496 e. The normalized spacial score (nSPS) is 23.4. The van der Waals surface area contributed by atoms with Crippen molar-refractivity contribution < 1.29 is 19.0 Å². The van der Waals surface area contributed by atoms with Gasteiger partial charge < -0.3 is 19.9 Å². The molecule has 1 aromatic carbocycles. The number of rotatable bonds is 5. The maximum Gasteiger partial charge on any atom is 0.123 e. The number of ether oxygens (including phenoxy) is 2. The van der Waals surface area contributed by atoms with Crippen LogP contribution in [0.15, 0.2) is 18.2 Å². The lowest BCUT2D eigenvalue weighted by atomic mass is 9.81. The van der Waals surface area contributed by atoms with Crippen molar-refractivity contribution in [1.29, 1.82) is 0 Å². The summed E-state index contributed by atoms with van der Waals surface area (Å²) in [5.41, 5.74) is -0.237. The summed E-state index contributed by atoms with van der Waals surface area (Å²) >= 11 is 0. The summed E-state index contributed by atoms with van der Waals surface area (Å²) in [6.45, 7) is 5.75. The van der Waals surface area contributed by atoms with Gasteiger partial charge in [-0.05, 0) is 43.0 Å². The smallest absolute Gasteiger partial charge is 0.123 e. The zero-order valence-corrected chi connectivity index (χ0v) is 12.9. The van der Waals surface area contributed by atoms with E-state index in [1.165, 1.54) is 12.1 Å². The second-order valence-corrected chi connectivity index (χ2v) is 5.85. The van der Waals surface area contributed by atoms with Crippen LogP contribution in [0.4, 0.5) is 4.39 Å². The van der Waals surface area contributed by atoms with Crippen LogP contribution >= 0.6 is 0 Å². The van der Waals surface area contributed by atoms with Crippen molar-refractivity contribution in [2.45, 2.75) is 32.0 Å². The Labute approximate surface area is 125 Å². The maximum atomic E-state index is 13.4. The Hall–Kier alpha value is -1.17. The number of nitrogens with one attached hydrogen (secondary N) is 1. The van der Waals surface area contributed by atoms with E-state index in [0.717, 1.165) is 12.1 Å². The van der Waals surface area contributed by atoms with E-state index in [1.807, 2.05) is 6.92 Å². The summed E-state index contributed by atoms with van der Waals surface area (Å²) < 4.78 is 24.4. The van der Waals surface area contributed by atoms with Crippen molar-refractivity contribution >= 4 is 0 Å². The van der Waals surface area contributed by atoms with Gasteiger partial charge in [0.1, 0.15) is 11.6 Å². The lowest BCUT2D eigenvalue weighted by Gasteiger charge is -2.40. The molecule has 4 nitrogen and oxygen atoms in total. The molecule has 0 aliphatic carbocycles. The summed E-state index contributed by atoms with van der Waals surface area (Å²) in [6.07, 6.45) is 0.258. The average molecular weight is 297 g/mol. The predicted molar refractivity (Wildman–Crippen MR) is 79.1 cm³/mol. The van der Waals surface area contributed by atoms with Gasteiger partial charge in [0.15, 0.2) is 0 Å². The number of benzene rings is 1. The Balaban J connectivity index is 2.12. The molecule has 3 unspecified atom stereocenters. The molecule has 1 aromatic rings. The molecule has 3 atom stereocenters. The number of hydrogen-bond acceptors (Lipinski definition) is 4. The Kier molecular flexibility index (Phi) is 5.19. The lowest BCUT2D eigenvalue weighted by molar-refractivity contribution is -0.134. The van der Waals surface area contributed by atoms with Gasteiger partial charge in [-0.2, -0.15) is 0 Å². The molecule has 2 rings (SSSR count). The number of morpholine rings is 1. The third-order valence-corrected chi connectivity index (χ3v) is 4.35. The fraction of sp³-hybridized carbons (Fsp3) is 0.625. The van der Waals surface area contributed by atoms with Crippen molar-refractivity contribution in [3.8, 4) is 5.75 Å². The van der Waals surface area contributed by atoms with Crippen LogP contribution in [0.3, 0.4) is 0 Å². The molecular formula is C16H24FNO3. The Morgan fingerprint density at radius 1 is 1.57 bits per heavy atom. The lowest BCUT2D eigenvalue weighted by Crippen LogP contribution is -2.55. The number of aliphatic hydroxyl groups is 1. The quantitative estimate of drug-likeness (QED) is 0.869. The highest BCUT2D eigenvalue weighted by atomic mass is 19.1. The number of halogens is 1. The zero-order valence-electron chi connectivity index (χ0n) is 12.9. The van der Waals surface area contributed by atoms with Crippen molar-refractivity contribution in [2.24, 2.45) is 5.92 Å². The maximum absolute atomic E-state index is 13.4. The molecule has 0 bridgehead atoms. The fourth-order valence-electron chi connectivity index (χ4n) is 2.70. The van der Waals surface area contributed by atoms with Crippen molar-refractivity contribution in [1.82, 2.24) is 5.32 Å². The highest BCUT2D eigenvalue weighted by Gasteiger charge is 2.39. The second kappa shape index (κ2) is 6.73. The van der Waals surface area contributed by atoms with Crippen LogP contribution in [0.5, 0.6) is 5.75 Å². The van der Waals surface area contributed by atoms with Crippen molar-refractivity contribution in [3.63, 3.8) is 0 Å². The van der Waals surface area contributed by atoms with E-state index >= 15 is 0 Å². The second-order valence-electron chi connectivity index (χ2n) is 5.85. The van der Waals surface area contributed by atoms with Crippen LogP contribution in [0.2, 0.25) is 0 Å². The molecule has 0 saturated carbocycles. The van der Waals surface area contributed by atoms with E-state index in [9.17, 15) is 9.50 Å². The Morgan fingerprint density at radius 3 is 2.95 bits per heavy atom. The molecule has 1 fully saturated rings. The van der Waals surface area contributed by atoms with Crippen LogP contribution in [0, 0.1) is 11.7 Å². The Bertz CT molecular complexity index is 473. The summed E-state index contributed by atoms with van der Waals surface area (Å²) in [5.74, 6) is 0.244. The van der Waals surface area contributed by atoms with Gasteiger partial charge in [0, 0.05) is 13.1 Å². The predicted octanol–water partition coefficient (Wildman–Crippen LogP) is 1.75. The summed E-state index contributed by atoms with van der Waals surface area (Å²) in [5, 5.41) is 14.0. The minimum absolute atomic E-state index is 0.0990. The van der Waals surface area contributed by atoms with Crippen LogP contribution in [0.25, 0.3) is 0 Å². The first kappa shape index (κ1) is 16.2.